The van der Waals surface area contributed by atoms with E-state index in [4.69, 9.17) is 0 Å². The lowest BCUT2D eigenvalue weighted by molar-refractivity contribution is -0.121. The van der Waals surface area contributed by atoms with Gasteiger partial charge in [-0.1, -0.05) is 23.4 Å². The van der Waals surface area contributed by atoms with Crippen molar-refractivity contribution in [2.24, 2.45) is 5.10 Å². The highest BCUT2D eigenvalue weighted by Gasteiger charge is 2.05. The summed E-state index contributed by atoms with van der Waals surface area (Å²) in [6.45, 7) is 0.450. The fourth-order valence-electron chi connectivity index (χ4n) is 1.97. The van der Waals surface area contributed by atoms with E-state index in [0.29, 0.717) is 12.2 Å². The number of benzene rings is 1. The first-order valence-electron chi connectivity index (χ1n) is 6.84. The van der Waals surface area contributed by atoms with Crippen LogP contribution in [0.25, 0.3) is 11.0 Å². The van der Waals surface area contributed by atoms with Gasteiger partial charge in [0.25, 0.3) is 0 Å². The Morgan fingerprint density at radius 2 is 2.09 bits per heavy atom. The molecule has 1 aromatic carbocycles. The number of hydrogen-bond donors (Lipinski definition) is 1. The minimum Gasteiger partial charge on any atom is -0.273 e. The summed E-state index contributed by atoms with van der Waals surface area (Å²) >= 11 is 0. The van der Waals surface area contributed by atoms with E-state index < -0.39 is 0 Å². The quantitative estimate of drug-likeness (QED) is 0.569. The van der Waals surface area contributed by atoms with Gasteiger partial charge in [0.1, 0.15) is 5.52 Å². The zero-order chi connectivity index (χ0) is 15.2. The van der Waals surface area contributed by atoms with Gasteiger partial charge < -0.3 is 0 Å². The van der Waals surface area contributed by atoms with Crippen molar-refractivity contribution in [3.05, 3.63) is 54.4 Å². The fraction of sp³-hybridized carbons (Fsp3) is 0.133. The molecule has 3 rings (SSSR count). The van der Waals surface area contributed by atoms with Crippen LogP contribution in [0, 0.1) is 0 Å². The number of nitrogens with zero attached hydrogens (tertiary/aromatic N) is 5. The molecule has 2 aromatic heterocycles. The summed E-state index contributed by atoms with van der Waals surface area (Å²) in [6, 6.07) is 13.1. The lowest BCUT2D eigenvalue weighted by Gasteiger charge is -2.01. The van der Waals surface area contributed by atoms with Crippen molar-refractivity contribution in [1.82, 2.24) is 25.4 Å². The van der Waals surface area contributed by atoms with Crippen molar-refractivity contribution in [3.8, 4) is 0 Å². The molecule has 1 N–H and O–H groups in total. The van der Waals surface area contributed by atoms with Crippen LogP contribution in [0.4, 0.5) is 0 Å². The molecule has 0 spiro atoms. The molecule has 3 aromatic rings. The van der Waals surface area contributed by atoms with Crippen LogP contribution in [-0.2, 0) is 11.3 Å². The van der Waals surface area contributed by atoms with Crippen molar-refractivity contribution in [2.75, 3.05) is 0 Å². The molecule has 0 saturated carbocycles. The first-order chi connectivity index (χ1) is 10.8. The minimum absolute atomic E-state index is 0.188. The Hall–Kier alpha value is -3.09. The van der Waals surface area contributed by atoms with Crippen LogP contribution in [0.15, 0.2) is 53.8 Å². The van der Waals surface area contributed by atoms with E-state index in [0.717, 1.165) is 11.0 Å². The van der Waals surface area contributed by atoms with Crippen LogP contribution in [0.5, 0.6) is 0 Å². The summed E-state index contributed by atoms with van der Waals surface area (Å²) in [4.78, 5) is 15.8. The smallest absolute Gasteiger partial charge is 0.241 e. The number of aryl methyl sites for hydroxylation is 1. The monoisotopic (exact) mass is 294 g/mol. The molecule has 0 aliphatic carbocycles. The largest absolute Gasteiger partial charge is 0.273 e. The molecule has 0 aliphatic heterocycles. The Bertz CT molecular complexity index is 796. The number of rotatable bonds is 5. The molecule has 7 heteroatoms. The van der Waals surface area contributed by atoms with E-state index in [1.165, 1.54) is 6.21 Å². The van der Waals surface area contributed by atoms with E-state index in [1.807, 2.05) is 36.4 Å². The minimum atomic E-state index is -0.188. The molecule has 0 aliphatic rings. The summed E-state index contributed by atoms with van der Waals surface area (Å²) in [6.07, 6.45) is 3.44. The van der Waals surface area contributed by atoms with Crippen LogP contribution in [0.3, 0.4) is 0 Å². The van der Waals surface area contributed by atoms with E-state index in [-0.39, 0.29) is 12.3 Å². The molecular formula is C15H14N6O. The van der Waals surface area contributed by atoms with Crippen LogP contribution >= 0.6 is 0 Å². The first-order valence-corrected chi connectivity index (χ1v) is 6.84. The van der Waals surface area contributed by atoms with Gasteiger partial charge in [0, 0.05) is 12.6 Å². The predicted molar refractivity (Wildman–Crippen MR) is 82.1 cm³/mol. The Morgan fingerprint density at radius 3 is 2.95 bits per heavy atom. The average molecular weight is 294 g/mol. The number of aromatic nitrogens is 4. The topological polar surface area (TPSA) is 85.1 Å². The van der Waals surface area contributed by atoms with Gasteiger partial charge in [-0.05, 0) is 24.3 Å². The van der Waals surface area contributed by atoms with Crippen LogP contribution in [0.1, 0.15) is 12.1 Å². The van der Waals surface area contributed by atoms with Crippen molar-refractivity contribution >= 4 is 23.2 Å². The Labute approximate surface area is 126 Å². The summed E-state index contributed by atoms with van der Waals surface area (Å²) in [7, 11) is 0. The molecule has 110 valence electrons. The molecule has 0 saturated heterocycles. The van der Waals surface area contributed by atoms with Crippen molar-refractivity contribution < 1.29 is 4.79 Å². The Balaban J connectivity index is 1.53. The van der Waals surface area contributed by atoms with E-state index in [1.54, 1.807) is 16.9 Å². The maximum atomic E-state index is 11.8. The van der Waals surface area contributed by atoms with E-state index in [2.05, 4.69) is 25.8 Å². The summed E-state index contributed by atoms with van der Waals surface area (Å²) in [5, 5.41) is 11.9. The molecule has 0 fully saturated rings. The first kappa shape index (κ1) is 13.9. The van der Waals surface area contributed by atoms with Gasteiger partial charge in [-0.2, -0.15) is 5.10 Å². The fourth-order valence-corrected chi connectivity index (χ4v) is 1.97. The number of hydrazone groups is 1. The second-order valence-corrected chi connectivity index (χ2v) is 4.60. The summed E-state index contributed by atoms with van der Waals surface area (Å²) in [5.74, 6) is -0.188. The van der Waals surface area contributed by atoms with Crippen LogP contribution in [0.2, 0.25) is 0 Å². The van der Waals surface area contributed by atoms with Crippen LogP contribution < -0.4 is 5.43 Å². The summed E-state index contributed by atoms with van der Waals surface area (Å²) < 4.78 is 1.71. The third-order valence-corrected chi connectivity index (χ3v) is 3.04. The molecular weight excluding hydrogens is 280 g/mol. The highest BCUT2D eigenvalue weighted by Crippen LogP contribution is 2.09. The van der Waals surface area contributed by atoms with Gasteiger partial charge in [-0.3, -0.25) is 9.78 Å². The van der Waals surface area contributed by atoms with Gasteiger partial charge in [-0.25, -0.2) is 10.1 Å². The highest BCUT2D eigenvalue weighted by molar-refractivity contribution is 5.81. The van der Waals surface area contributed by atoms with E-state index >= 15 is 0 Å². The molecule has 1 amide bonds. The molecule has 0 atom stereocenters. The van der Waals surface area contributed by atoms with Crippen molar-refractivity contribution in [2.45, 2.75) is 13.0 Å². The van der Waals surface area contributed by atoms with E-state index in [9.17, 15) is 4.79 Å². The third-order valence-electron chi connectivity index (χ3n) is 3.04. The van der Waals surface area contributed by atoms with Gasteiger partial charge in [0.05, 0.1) is 24.0 Å². The molecule has 22 heavy (non-hydrogen) atoms. The maximum Gasteiger partial charge on any atom is 0.241 e. The number of hydrogen-bond acceptors (Lipinski definition) is 5. The number of amides is 1. The maximum absolute atomic E-state index is 11.8. The number of nitrogens with one attached hydrogen (secondary N) is 1. The van der Waals surface area contributed by atoms with Crippen molar-refractivity contribution in [3.63, 3.8) is 0 Å². The van der Waals surface area contributed by atoms with Gasteiger partial charge in [0.15, 0.2) is 0 Å². The predicted octanol–water partition coefficient (Wildman–Crippen LogP) is 1.37. The number of carbonyl (C=O) groups is 1. The number of fused-ring (bicyclic) bond motifs is 1. The normalized spacial score (nSPS) is 11.1. The Kier molecular flexibility index (Phi) is 4.15. The molecule has 7 nitrogen and oxygen atoms in total. The number of carbonyl (C=O) groups excluding carboxylic acids is 1. The zero-order valence-electron chi connectivity index (χ0n) is 11.8. The number of para-hydroxylation sites is 1. The zero-order valence-corrected chi connectivity index (χ0v) is 11.8. The second kappa shape index (κ2) is 6.57. The molecule has 2 heterocycles. The summed E-state index contributed by atoms with van der Waals surface area (Å²) in [5.41, 5.74) is 4.88. The Morgan fingerprint density at radius 1 is 1.23 bits per heavy atom. The molecule has 0 radical (unpaired) electrons. The van der Waals surface area contributed by atoms with Gasteiger partial charge >= 0.3 is 0 Å². The van der Waals surface area contributed by atoms with Gasteiger partial charge in [0.2, 0.25) is 5.91 Å². The molecule has 0 bridgehead atoms. The third kappa shape index (κ3) is 3.32. The highest BCUT2D eigenvalue weighted by atomic mass is 16.2. The van der Waals surface area contributed by atoms with Crippen molar-refractivity contribution in [1.29, 1.82) is 0 Å². The lowest BCUT2D eigenvalue weighted by Crippen LogP contribution is -2.19. The number of pyridine rings is 1. The lowest BCUT2D eigenvalue weighted by atomic mass is 10.3. The SMILES string of the molecule is O=C(CCn1nnc2ccccc21)N/N=C\c1ccccn1. The second-order valence-electron chi connectivity index (χ2n) is 4.60. The average Bonchev–Trinajstić information content (AvgIpc) is 2.97. The van der Waals surface area contributed by atoms with Gasteiger partial charge in [-0.15, -0.1) is 5.10 Å². The van der Waals surface area contributed by atoms with Crippen LogP contribution in [-0.4, -0.2) is 32.1 Å². The molecule has 0 unspecified atom stereocenters. The standard InChI is InChI=1S/C15H14N6O/c22-15(19-17-11-12-5-3-4-9-16-12)8-10-21-14-7-2-1-6-13(14)18-20-21/h1-7,9,11H,8,10H2,(H,19,22)/b17-11-.